The summed E-state index contributed by atoms with van der Waals surface area (Å²) in [6, 6.07) is 8.14. The van der Waals surface area contributed by atoms with Crippen molar-refractivity contribution in [2.75, 3.05) is 0 Å². The second-order valence-corrected chi connectivity index (χ2v) is 5.41. The van der Waals surface area contributed by atoms with Crippen LogP contribution in [0.25, 0.3) is 10.8 Å². The Balaban J connectivity index is 2.28. The van der Waals surface area contributed by atoms with Gasteiger partial charge in [-0.1, -0.05) is 17.7 Å². The number of halogens is 2. The van der Waals surface area contributed by atoms with E-state index in [1.165, 1.54) is 23.6 Å². The second-order valence-electron chi connectivity index (χ2n) is 4.08. The summed E-state index contributed by atoms with van der Waals surface area (Å²) in [4.78, 5) is 4.66. The van der Waals surface area contributed by atoms with Crippen molar-refractivity contribution in [3.63, 3.8) is 0 Å². The molecule has 0 aliphatic rings. The number of aromatic nitrogens is 1. The van der Waals surface area contributed by atoms with Crippen LogP contribution in [0.2, 0.25) is 5.15 Å². The Kier molecular flexibility index (Phi) is 3.22. The second kappa shape index (κ2) is 4.89. The largest absolute Gasteiger partial charge is 0.383 e. The van der Waals surface area contributed by atoms with Crippen molar-refractivity contribution >= 4 is 33.7 Å². The summed E-state index contributed by atoms with van der Waals surface area (Å²) in [6.45, 7) is 0. The average molecular weight is 294 g/mol. The number of hydrogen-bond donors (Lipinski definition) is 1. The first kappa shape index (κ1) is 12.5. The molecule has 19 heavy (non-hydrogen) atoms. The molecule has 5 heteroatoms. The van der Waals surface area contributed by atoms with Crippen molar-refractivity contribution in [1.29, 1.82) is 0 Å². The zero-order chi connectivity index (χ0) is 13.4. The zero-order valence-corrected chi connectivity index (χ0v) is 11.2. The number of benzene rings is 1. The molecule has 2 heterocycles. The lowest BCUT2D eigenvalue weighted by Gasteiger charge is -2.13. The molecule has 2 nitrogen and oxygen atoms in total. The van der Waals surface area contributed by atoms with E-state index in [9.17, 15) is 9.50 Å². The van der Waals surface area contributed by atoms with Crippen molar-refractivity contribution in [2.24, 2.45) is 0 Å². The molecule has 2 aromatic heterocycles. The molecule has 96 valence electrons. The summed E-state index contributed by atoms with van der Waals surface area (Å²) in [5, 5.41) is 13.7. The number of thiophene rings is 1. The van der Waals surface area contributed by atoms with Gasteiger partial charge in [0.2, 0.25) is 0 Å². The molecule has 1 unspecified atom stereocenters. The van der Waals surface area contributed by atoms with Crippen LogP contribution in [0.4, 0.5) is 4.39 Å². The summed E-state index contributed by atoms with van der Waals surface area (Å²) >= 11 is 7.38. The lowest BCUT2D eigenvalue weighted by Crippen LogP contribution is -2.02. The van der Waals surface area contributed by atoms with Gasteiger partial charge < -0.3 is 5.11 Å². The van der Waals surface area contributed by atoms with Gasteiger partial charge in [0, 0.05) is 22.0 Å². The molecule has 0 saturated heterocycles. The molecule has 3 rings (SSSR count). The minimum atomic E-state index is -0.998. The Morgan fingerprint density at radius 3 is 2.79 bits per heavy atom. The fourth-order valence-electron chi connectivity index (χ4n) is 2.08. The molecule has 0 spiro atoms. The number of aliphatic hydroxyl groups is 1. The summed E-state index contributed by atoms with van der Waals surface area (Å²) in [5.74, 6) is -0.448. The molecule has 1 N–H and O–H groups in total. The lowest BCUT2D eigenvalue weighted by molar-refractivity contribution is 0.220. The smallest absolute Gasteiger partial charge is 0.136 e. The maximum atomic E-state index is 14.1. The highest BCUT2D eigenvalue weighted by atomic mass is 35.5. The van der Waals surface area contributed by atoms with E-state index in [2.05, 4.69) is 4.98 Å². The molecular formula is C14H9ClFNOS. The molecule has 1 atom stereocenters. The van der Waals surface area contributed by atoms with Gasteiger partial charge in [-0.15, -0.1) is 11.3 Å². The van der Waals surface area contributed by atoms with E-state index in [1.54, 1.807) is 18.2 Å². The highest BCUT2D eigenvalue weighted by Gasteiger charge is 2.19. The third-order valence-corrected chi connectivity index (χ3v) is 4.20. The van der Waals surface area contributed by atoms with Crippen LogP contribution < -0.4 is 0 Å². The number of rotatable bonds is 2. The van der Waals surface area contributed by atoms with Crippen molar-refractivity contribution in [2.45, 2.75) is 6.10 Å². The van der Waals surface area contributed by atoms with E-state index in [-0.39, 0.29) is 5.56 Å². The van der Waals surface area contributed by atoms with Gasteiger partial charge in [-0.05, 0) is 35.0 Å². The first-order chi connectivity index (χ1) is 9.18. The maximum absolute atomic E-state index is 14.1. The molecule has 0 aliphatic carbocycles. The van der Waals surface area contributed by atoms with E-state index >= 15 is 0 Å². The third-order valence-electron chi connectivity index (χ3n) is 2.97. The molecule has 0 fully saturated rings. The third kappa shape index (κ3) is 2.12. The van der Waals surface area contributed by atoms with Crippen LogP contribution in [0.15, 0.2) is 41.9 Å². The fourth-order valence-corrected chi connectivity index (χ4v) is 3.02. The molecular weight excluding hydrogens is 285 g/mol. The summed E-state index contributed by atoms with van der Waals surface area (Å²) in [6.07, 6.45) is 0.511. The molecule has 0 aliphatic heterocycles. The van der Waals surface area contributed by atoms with Gasteiger partial charge in [-0.2, -0.15) is 0 Å². The number of fused-ring (bicyclic) bond motifs is 1. The van der Waals surface area contributed by atoms with Crippen LogP contribution in [-0.4, -0.2) is 10.1 Å². The lowest BCUT2D eigenvalue weighted by atomic mass is 10.0. The van der Waals surface area contributed by atoms with Gasteiger partial charge in [0.25, 0.3) is 0 Å². The van der Waals surface area contributed by atoms with Crippen LogP contribution in [0.1, 0.15) is 16.5 Å². The highest BCUT2D eigenvalue weighted by molar-refractivity contribution is 7.10. The SMILES string of the molecule is OC(c1cccs1)c1c(F)ccc2c(Cl)nccc12. The van der Waals surface area contributed by atoms with Crippen molar-refractivity contribution in [1.82, 2.24) is 4.98 Å². The summed E-state index contributed by atoms with van der Waals surface area (Å²) < 4.78 is 14.1. The van der Waals surface area contributed by atoms with Crippen LogP contribution in [0.3, 0.4) is 0 Å². The highest BCUT2D eigenvalue weighted by Crippen LogP contribution is 2.34. The Hall–Kier alpha value is -1.49. The van der Waals surface area contributed by atoms with Gasteiger partial charge in [0.15, 0.2) is 0 Å². The minimum Gasteiger partial charge on any atom is -0.383 e. The first-order valence-electron chi connectivity index (χ1n) is 5.62. The summed E-state index contributed by atoms with van der Waals surface area (Å²) in [7, 11) is 0. The van der Waals surface area contributed by atoms with Crippen molar-refractivity contribution in [3.8, 4) is 0 Å². The van der Waals surface area contributed by atoms with Gasteiger partial charge in [-0.25, -0.2) is 9.37 Å². The van der Waals surface area contributed by atoms with Gasteiger partial charge in [0.1, 0.15) is 17.1 Å². The molecule has 0 saturated carbocycles. The van der Waals surface area contributed by atoms with E-state index in [0.717, 1.165) is 0 Å². The maximum Gasteiger partial charge on any atom is 0.136 e. The van der Waals surface area contributed by atoms with E-state index in [1.807, 2.05) is 11.4 Å². The molecule has 3 aromatic rings. The van der Waals surface area contributed by atoms with Crippen LogP contribution in [-0.2, 0) is 0 Å². The van der Waals surface area contributed by atoms with Gasteiger partial charge >= 0.3 is 0 Å². The number of aliphatic hydroxyl groups excluding tert-OH is 1. The number of pyridine rings is 1. The average Bonchev–Trinajstić information content (AvgIpc) is 2.92. The zero-order valence-electron chi connectivity index (χ0n) is 9.68. The molecule has 0 amide bonds. The van der Waals surface area contributed by atoms with Crippen LogP contribution in [0.5, 0.6) is 0 Å². The predicted molar refractivity (Wildman–Crippen MR) is 75.1 cm³/mol. The van der Waals surface area contributed by atoms with Gasteiger partial charge in [0.05, 0.1) is 0 Å². The van der Waals surface area contributed by atoms with E-state index in [4.69, 9.17) is 11.6 Å². The monoisotopic (exact) mass is 293 g/mol. The van der Waals surface area contributed by atoms with Gasteiger partial charge in [-0.3, -0.25) is 0 Å². The topological polar surface area (TPSA) is 33.1 Å². The Morgan fingerprint density at radius 2 is 2.05 bits per heavy atom. The quantitative estimate of drug-likeness (QED) is 0.719. The summed E-state index contributed by atoms with van der Waals surface area (Å²) in [5.41, 5.74) is 0.240. The van der Waals surface area contributed by atoms with Crippen molar-refractivity contribution < 1.29 is 9.50 Å². The normalized spacial score (nSPS) is 12.8. The fraction of sp³-hybridized carbons (Fsp3) is 0.0714. The van der Waals surface area contributed by atoms with Crippen molar-refractivity contribution in [3.05, 3.63) is 63.3 Å². The first-order valence-corrected chi connectivity index (χ1v) is 6.88. The van der Waals surface area contributed by atoms with E-state index < -0.39 is 11.9 Å². The molecule has 1 aromatic carbocycles. The Bertz CT molecular complexity index is 730. The number of hydrogen-bond acceptors (Lipinski definition) is 3. The van der Waals surface area contributed by atoms with Crippen LogP contribution in [0, 0.1) is 5.82 Å². The Labute approximate surface area is 118 Å². The molecule has 0 radical (unpaired) electrons. The minimum absolute atomic E-state index is 0.240. The van der Waals surface area contributed by atoms with E-state index in [0.29, 0.717) is 20.8 Å². The standard InChI is InChI=1S/C14H9ClFNOS/c15-14-9-3-4-10(16)12(8(9)5-6-17-14)13(18)11-2-1-7-19-11/h1-7,13,18H. The Morgan fingerprint density at radius 1 is 1.21 bits per heavy atom. The molecule has 0 bridgehead atoms. The van der Waals surface area contributed by atoms with Crippen LogP contribution >= 0.6 is 22.9 Å². The predicted octanol–water partition coefficient (Wildman–Crippen LogP) is 4.17. The number of nitrogens with zero attached hydrogens (tertiary/aromatic N) is 1.